The number of hydrogen-bond donors (Lipinski definition) is 0. The van der Waals surface area contributed by atoms with Crippen LogP contribution in [0.2, 0.25) is 0 Å². The molecule has 2 aromatic rings. The number of rotatable bonds is 7. The first kappa shape index (κ1) is 18.1. The summed E-state index contributed by atoms with van der Waals surface area (Å²) in [5, 5.41) is 0. The highest BCUT2D eigenvalue weighted by molar-refractivity contribution is 5.76. The molecule has 1 atom stereocenters. The average Bonchev–Trinajstić information content (AvgIpc) is 3.32. The molecule has 1 amide bonds. The maximum atomic E-state index is 12.6. The lowest BCUT2D eigenvalue weighted by Crippen LogP contribution is -2.29. The number of ether oxygens (including phenoxy) is 1. The molecule has 27 heavy (non-hydrogen) atoms. The van der Waals surface area contributed by atoms with Crippen LogP contribution >= 0.6 is 0 Å². The molecule has 1 saturated heterocycles. The van der Waals surface area contributed by atoms with Gasteiger partial charge in [-0.15, -0.1) is 0 Å². The first-order chi connectivity index (χ1) is 13.1. The van der Waals surface area contributed by atoms with Gasteiger partial charge in [0.1, 0.15) is 11.6 Å². The number of hydrogen-bond acceptors (Lipinski definition) is 3. The number of likely N-dealkylation sites (tertiary alicyclic amines) is 1. The Kier molecular flexibility index (Phi) is 5.19. The lowest BCUT2D eigenvalue weighted by atomic mass is 10.1. The molecule has 0 N–H and O–H groups in total. The largest absolute Gasteiger partial charge is 0.497 e. The zero-order valence-corrected chi connectivity index (χ0v) is 16.4. The topological polar surface area (TPSA) is 47.4 Å². The highest BCUT2D eigenvalue weighted by Crippen LogP contribution is 2.40. The smallest absolute Gasteiger partial charge is 0.222 e. The SMILES string of the molecule is COc1ccc(CCC(=O)N2CCC(Cn3c(C)cnc3C3CC3)C2)cc1. The van der Waals surface area contributed by atoms with E-state index in [1.54, 1.807) is 7.11 Å². The minimum atomic E-state index is 0.276. The number of imidazole rings is 1. The van der Waals surface area contributed by atoms with Crippen LogP contribution in [0.3, 0.4) is 0 Å². The number of amides is 1. The summed E-state index contributed by atoms with van der Waals surface area (Å²) in [5.74, 6) is 3.60. The fraction of sp³-hybridized carbons (Fsp3) is 0.545. The summed E-state index contributed by atoms with van der Waals surface area (Å²) < 4.78 is 7.58. The van der Waals surface area contributed by atoms with Gasteiger partial charge in [0.25, 0.3) is 0 Å². The second kappa shape index (κ2) is 7.75. The lowest BCUT2D eigenvalue weighted by Gasteiger charge is -2.18. The summed E-state index contributed by atoms with van der Waals surface area (Å²) in [4.78, 5) is 19.3. The van der Waals surface area contributed by atoms with Gasteiger partial charge in [0.05, 0.1) is 7.11 Å². The molecule has 1 aliphatic heterocycles. The van der Waals surface area contributed by atoms with Gasteiger partial charge in [0, 0.05) is 43.9 Å². The minimum Gasteiger partial charge on any atom is -0.497 e. The molecule has 1 aromatic carbocycles. The third-order valence-corrected chi connectivity index (χ3v) is 5.89. The summed E-state index contributed by atoms with van der Waals surface area (Å²) in [7, 11) is 1.67. The van der Waals surface area contributed by atoms with Crippen molar-refractivity contribution >= 4 is 5.91 Å². The van der Waals surface area contributed by atoms with Crippen molar-refractivity contribution in [3.05, 3.63) is 47.5 Å². The van der Waals surface area contributed by atoms with E-state index < -0.39 is 0 Å². The fourth-order valence-corrected chi connectivity index (χ4v) is 4.05. The highest BCUT2D eigenvalue weighted by Gasteiger charge is 2.31. The lowest BCUT2D eigenvalue weighted by molar-refractivity contribution is -0.130. The van der Waals surface area contributed by atoms with E-state index in [0.717, 1.165) is 38.2 Å². The van der Waals surface area contributed by atoms with Crippen LogP contribution in [0.4, 0.5) is 0 Å². The number of carbonyl (C=O) groups is 1. The van der Waals surface area contributed by atoms with Crippen molar-refractivity contribution in [1.82, 2.24) is 14.5 Å². The summed E-state index contributed by atoms with van der Waals surface area (Å²) in [6.45, 7) is 4.91. The van der Waals surface area contributed by atoms with Crippen molar-refractivity contribution in [3.63, 3.8) is 0 Å². The number of benzene rings is 1. The van der Waals surface area contributed by atoms with Crippen molar-refractivity contribution in [2.24, 2.45) is 5.92 Å². The Hall–Kier alpha value is -2.30. The molecule has 5 heteroatoms. The Morgan fingerprint density at radius 2 is 2.00 bits per heavy atom. The zero-order chi connectivity index (χ0) is 18.8. The van der Waals surface area contributed by atoms with Gasteiger partial charge in [0.2, 0.25) is 5.91 Å². The molecule has 5 nitrogen and oxygen atoms in total. The highest BCUT2D eigenvalue weighted by atomic mass is 16.5. The summed E-state index contributed by atoms with van der Waals surface area (Å²) >= 11 is 0. The molecule has 4 rings (SSSR count). The first-order valence-electron chi connectivity index (χ1n) is 10.1. The molecule has 1 aliphatic carbocycles. The van der Waals surface area contributed by atoms with Crippen LogP contribution in [0.5, 0.6) is 5.75 Å². The van der Waals surface area contributed by atoms with Gasteiger partial charge in [-0.2, -0.15) is 0 Å². The van der Waals surface area contributed by atoms with Crippen molar-refractivity contribution in [1.29, 1.82) is 0 Å². The number of aromatic nitrogens is 2. The molecule has 0 spiro atoms. The van der Waals surface area contributed by atoms with Crippen molar-refractivity contribution in [2.75, 3.05) is 20.2 Å². The predicted molar refractivity (Wildman–Crippen MR) is 105 cm³/mol. The Morgan fingerprint density at radius 1 is 1.22 bits per heavy atom. The maximum Gasteiger partial charge on any atom is 0.222 e. The van der Waals surface area contributed by atoms with E-state index in [-0.39, 0.29) is 5.91 Å². The second-order valence-corrected chi connectivity index (χ2v) is 7.99. The molecular formula is C22H29N3O2. The Balaban J connectivity index is 1.28. The summed E-state index contributed by atoms with van der Waals surface area (Å²) in [6, 6.07) is 7.99. The van der Waals surface area contributed by atoms with E-state index in [1.165, 1.54) is 29.9 Å². The van der Waals surface area contributed by atoms with Crippen LogP contribution in [0.25, 0.3) is 0 Å². The van der Waals surface area contributed by atoms with E-state index in [0.29, 0.717) is 18.3 Å². The van der Waals surface area contributed by atoms with E-state index >= 15 is 0 Å². The van der Waals surface area contributed by atoms with Crippen molar-refractivity contribution in [2.45, 2.75) is 51.5 Å². The van der Waals surface area contributed by atoms with Crippen LogP contribution in [-0.2, 0) is 17.8 Å². The Bertz CT molecular complexity index is 792. The quantitative estimate of drug-likeness (QED) is 0.752. The van der Waals surface area contributed by atoms with Crippen molar-refractivity contribution < 1.29 is 9.53 Å². The number of carbonyl (C=O) groups excluding carboxylic acids is 1. The van der Waals surface area contributed by atoms with Crippen LogP contribution < -0.4 is 4.74 Å². The first-order valence-corrected chi connectivity index (χ1v) is 10.1. The zero-order valence-electron chi connectivity index (χ0n) is 16.4. The fourth-order valence-electron chi connectivity index (χ4n) is 4.05. The van der Waals surface area contributed by atoms with Crippen LogP contribution in [0.15, 0.2) is 30.5 Å². The van der Waals surface area contributed by atoms with Gasteiger partial charge in [-0.1, -0.05) is 12.1 Å². The predicted octanol–water partition coefficient (Wildman–Crippen LogP) is 3.56. The monoisotopic (exact) mass is 367 g/mol. The maximum absolute atomic E-state index is 12.6. The van der Waals surface area contributed by atoms with Gasteiger partial charge in [0.15, 0.2) is 0 Å². The molecule has 1 aromatic heterocycles. The van der Waals surface area contributed by atoms with Gasteiger partial charge in [-0.25, -0.2) is 4.98 Å². The average molecular weight is 367 g/mol. The third kappa shape index (κ3) is 4.18. The summed E-state index contributed by atoms with van der Waals surface area (Å²) in [5.41, 5.74) is 2.43. The van der Waals surface area contributed by atoms with E-state index in [1.807, 2.05) is 30.5 Å². The number of nitrogens with zero attached hydrogens (tertiary/aromatic N) is 3. The van der Waals surface area contributed by atoms with E-state index in [4.69, 9.17) is 4.74 Å². The molecular weight excluding hydrogens is 338 g/mol. The molecule has 2 aliphatic rings. The van der Waals surface area contributed by atoms with E-state index in [9.17, 15) is 4.79 Å². The van der Waals surface area contributed by atoms with Gasteiger partial charge in [-0.05, 0) is 56.2 Å². The molecule has 1 unspecified atom stereocenters. The second-order valence-electron chi connectivity index (χ2n) is 7.99. The van der Waals surface area contributed by atoms with Gasteiger partial charge in [-0.3, -0.25) is 4.79 Å². The Morgan fingerprint density at radius 3 is 2.70 bits per heavy atom. The van der Waals surface area contributed by atoms with Crippen molar-refractivity contribution in [3.8, 4) is 5.75 Å². The number of methoxy groups -OCH3 is 1. The molecule has 2 fully saturated rings. The third-order valence-electron chi connectivity index (χ3n) is 5.89. The normalized spacial score (nSPS) is 19.5. The molecule has 144 valence electrons. The van der Waals surface area contributed by atoms with Gasteiger partial charge < -0.3 is 14.2 Å². The molecule has 0 radical (unpaired) electrons. The van der Waals surface area contributed by atoms with Crippen LogP contribution in [0.1, 0.15) is 48.7 Å². The summed E-state index contributed by atoms with van der Waals surface area (Å²) in [6.07, 6.45) is 7.01. The standard InChI is InChI=1S/C22H29N3O2/c1-16-13-23-22(19-6-7-19)25(16)15-18-11-12-24(14-18)21(26)10-5-17-3-8-20(27-2)9-4-17/h3-4,8-9,13,18-19H,5-7,10-12,14-15H2,1-2H3. The van der Waals surface area contributed by atoms with E-state index in [2.05, 4.69) is 21.4 Å². The van der Waals surface area contributed by atoms with Crippen LogP contribution in [0, 0.1) is 12.8 Å². The van der Waals surface area contributed by atoms with Crippen LogP contribution in [-0.4, -0.2) is 40.6 Å². The molecule has 1 saturated carbocycles. The Labute approximate surface area is 161 Å². The molecule has 0 bridgehead atoms. The van der Waals surface area contributed by atoms with Gasteiger partial charge >= 0.3 is 0 Å². The minimum absolute atomic E-state index is 0.276. The number of aryl methyl sites for hydroxylation is 2. The molecule has 2 heterocycles.